The number of nitrogens with one attached hydrogen (secondary N) is 1. The first-order valence-electron chi connectivity index (χ1n) is 4.82. The van der Waals surface area contributed by atoms with E-state index in [0.717, 1.165) is 6.07 Å². The van der Waals surface area contributed by atoms with E-state index in [0.29, 0.717) is 4.47 Å². The summed E-state index contributed by atoms with van der Waals surface area (Å²) in [5.74, 6) is -6.37. The predicted molar refractivity (Wildman–Crippen MR) is 63.4 cm³/mol. The van der Waals surface area contributed by atoms with Crippen LogP contribution in [-0.2, 0) is 4.79 Å². The Morgan fingerprint density at radius 1 is 1.15 bits per heavy atom. The van der Waals surface area contributed by atoms with Gasteiger partial charge in [0.15, 0.2) is 0 Å². The molecule has 0 bridgehead atoms. The van der Waals surface area contributed by atoms with Crippen LogP contribution in [0.5, 0.6) is 0 Å². The molecule has 0 aliphatic carbocycles. The Hall–Kier alpha value is -0.960. The highest BCUT2D eigenvalue weighted by Gasteiger charge is 2.61. The number of hydrogen-bond acceptors (Lipinski definition) is 1. The Labute approximate surface area is 122 Å². The van der Waals surface area contributed by atoms with E-state index in [-0.39, 0.29) is 10.7 Å². The van der Waals surface area contributed by atoms with Gasteiger partial charge in [0.1, 0.15) is 0 Å². The van der Waals surface area contributed by atoms with E-state index in [1.807, 2.05) is 0 Å². The number of halogens is 8. The van der Waals surface area contributed by atoms with Gasteiger partial charge in [0, 0.05) is 4.47 Å². The van der Waals surface area contributed by atoms with Crippen molar-refractivity contribution in [2.45, 2.75) is 12.4 Å². The number of hydrogen-bond donors (Lipinski definition) is 1. The third kappa shape index (κ3) is 4.27. The topological polar surface area (TPSA) is 29.1 Å². The van der Waals surface area contributed by atoms with Crippen molar-refractivity contribution in [3.63, 3.8) is 0 Å². The first-order chi connectivity index (χ1) is 8.93. The van der Waals surface area contributed by atoms with Gasteiger partial charge >= 0.3 is 12.4 Å². The molecular weight excluding hydrogens is 379 g/mol. The molecule has 1 N–H and O–H groups in total. The highest BCUT2D eigenvalue weighted by molar-refractivity contribution is 9.10. The standard InChI is InChI=1S/C10H5BrClF6NO/c11-4-1-2-5(12)6(3-4)19-8(20)7(9(13,14)15)10(16,17)18/h1-3,7H,(H,19,20). The van der Waals surface area contributed by atoms with Crippen molar-refractivity contribution in [2.24, 2.45) is 5.92 Å². The third-order valence-corrected chi connectivity index (χ3v) is 2.93. The van der Waals surface area contributed by atoms with E-state index >= 15 is 0 Å². The van der Waals surface area contributed by atoms with E-state index in [1.54, 1.807) is 0 Å². The van der Waals surface area contributed by atoms with Crippen molar-refractivity contribution >= 4 is 39.1 Å². The van der Waals surface area contributed by atoms with Crippen LogP contribution in [0.1, 0.15) is 0 Å². The van der Waals surface area contributed by atoms with Crippen molar-refractivity contribution in [3.05, 3.63) is 27.7 Å². The van der Waals surface area contributed by atoms with Crippen molar-refractivity contribution in [1.29, 1.82) is 0 Å². The lowest BCUT2D eigenvalue weighted by atomic mass is 10.1. The van der Waals surface area contributed by atoms with Crippen molar-refractivity contribution in [1.82, 2.24) is 0 Å². The molecule has 0 fully saturated rings. The van der Waals surface area contributed by atoms with Crippen LogP contribution in [0.3, 0.4) is 0 Å². The van der Waals surface area contributed by atoms with Gasteiger partial charge in [0.2, 0.25) is 11.8 Å². The molecule has 1 aromatic rings. The summed E-state index contributed by atoms with van der Waals surface area (Å²) in [6, 6.07) is 3.70. The van der Waals surface area contributed by atoms with Crippen molar-refractivity contribution < 1.29 is 31.1 Å². The molecule has 2 nitrogen and oxygen atoms in total. The fourth-order valence-corrected chi connectivity index (χ4v) is 1.81. The SMILES string of the molecule is O=C(Nc1cc(Br)ccc1Cl)C(C(F)(F)F)C(F)(F)F. The summed E-state index contributed by atoms with van der Waals surface area (Å²) >= 11 is 8.52. The fraction of sp³-hybridized carbons (Fsp3) is 0.300. The summed E-state index contributed by atoms with van der Waals surface area (Å²) in [5.41, 5.74) is -0.357. The molecule has 0 aromatic heterocycles. The quantitative estimate of drug-likeness (QED) is 0.731. The number of rotatable bonds is 2. The normalized spacial score (nSPS) is 12.7. The molecule has 0 aliphatic heterocycles. The molecule has 0 aliphatic rings. The Morgan fingerprint density at radius 2 is 1.65 bits per heavy atom. The second-order valence-corrected chi connectivity index (χ2v) is 4.95. The average molecular weight is 385 g/mol. The van der Waals surface area contributed by atoms with Gasteiger partial charge in [-0.3, -0.25) is 4.79 Å². The summed E-state index contributed by atoms with van der Waals surface area (Å²) in [6.07, 6.45) is -11.5. The van der Waals surface area contributed by atoms with Crippen LogP contribution in [0.25, 0.3) is 0 Å². The van der Waals surface area contributed by atoms with Crippen LogP contribution in [0.4, 0.5) is 32.0 Å². The molecule has 0 radical (unpaired) electrons. The van der Waals surface area contributed by atoms with Gasteiger partial charge in [0.05, 0.1) is 10.7 Å². The molecule has 20 heavy (non-hydrogen) atoms. The Bertz CT molecular complexity index is 501. The van der Waals surface area contributed by atoms with Gasteiger partial charge in [0.25, 0.3) is 0 Å². The first kappa shape index (κ1) is 17.1. The third-order valence-electron chi connectivity index (χ3n) is 2.10. The molecule has 0 unspecified atom stereocenters. The molecule has 112 valence electrons. The van der Waals surface area contributed by atoms with E-state index in [4.69, 9.17) is 11.6 Å². The van der Waals surface area contributed by atoms with Crippen LogP contribution in [0.2, 0.25) is 5.02 Å². The zero-order valence-corrected chi connectivity index (χ0v) is 11.6. The minimum Gasteiger partial charge on any atom is -0.324 e. The van der Waals surface area contributed by atoms with Crippen LogP contribution in [0, 0.1) is 5.92 Å². The van der Waals surface area contributed by atoms with Gasteiger partial charge in [-0.15, -0.1) is 0 Å². The van der Waals surface area contributed by atoms with Crippen molar-refractivity contribution in [3.8, 4) is 0 Å². The Kier molecular flexibility index (Phi) is 4.96. The molecule has 0 saturated carbocycles. The molecule has 10 heteroatoms. The minimum atomic E-state index is -5.75. The van der Waals surface area contributed by atoms with Gasteiger partial charge in [-0.2, -0.15) is 26.3 Å². The summed E-state index contributed by atoms with van der Waals surface area (Å²) < 4.78 is 74.3. The molecule has 1 rings (SSSR count). The maximum Gasteiger partial charge on any atom is 0.409 e. The maximum absolute atomic E-state index is 12.3. The summed E-state index contributed by atoms with van der Waals surface area (Å²) in [6.45, 7) is 0. The van der Waals surface area contributed by atoms with Crippen molar-refractivity contribution in [2.75, 3.05) is 5.32 Å². The number of amides is 1. The van der Waals surface area contributed by atoms with Crippen LogP contribution < -0.4 is 5.32 Å². The summed E-state index contributed by atoms with van der Waals surface area (Å²) in [4.78, 5) is 11.2. The van der Waals surface area contributed by atoms with E-state index in [2.05, 4.69) is 15.9 Å². The smallest absolute Gasteiger partial charge is 0.324 e. The highest BCUT2D eigenvalue weighted by Crippen LogP contribution is 2.40. The van der Waals surface area contributed by atoms with E-state index < -0.39 is 24.2 Å². The minimum absolute atomic E-state index is 0.190. The fourth-order valence-electron chi connectivity index (χ4n) is 1.28. The zero-order valence-electron chi connectivity index (χ0n) is 9.24. The second-order valence-electron chi connectivity index (χ2n) is 3.63. The molecule has 1 amide bonds. The monoisotopic (exact) mass is 383 g/mol. The summed E-state index contributed by atoms with van der Waals surface area (Å²) in [7, 11) is 0. The van der Waals surface area contributed by atoms with Crippen LogP contribution in [0.15, 0.2) is 22.7 Å². The Balaban J connectivity index is 3.07. The lowest BCUT2D eigenvalue weighted by Gasteiger charge is -2.22. The van der Waals surface area contributed by atoms with Gasteiger partial charge in [-0.1, -0.05) is 27.5 Å². The first-order valence-corrected chi connectivity index (χ1v) is 5.99. The summed E-state index contributed by atoms with van der Waals surface area (Å²) in [5, 5.41) is 1.33. The highest BCUT2D eigenvalue weighted by atomic mass is 79.9. The number of benzene rings is 1. The average Bonchev–Trinajstić information content (AvgIpc) is 2.18. The number of alkyl halides is 6. The maximum atomic E-state index is 12.3. The largest absolute Gasteiger partial charge is 0.409 e. The number of carbonyl (C=O) groups is 1. The van der Waals surface area contributed by atoms with E-state index in [1.165, 1.54) is 17.4 Å². The number of anilines is 1. The Morgan fingerprint density at radius 3 is 2.10 bits per heavy atom. The lowest BCUT2D eigenvalue weighted by molar-refractivity contribution is -0.272. The van der Waals surface area contributed by atoms with Gasteiger partial charge in [-0.25, -0.2) is 0 Å². The second kappa shape index (κ2) is 5.80. The molecule has 0 saturated heterocycles. The predicted octanol–water partition coefficient (Wildman–Crippen LogP) is 4.78. The van der Waals surface area contributed by atoms with E-state index in [9.17, 15) is 31.1 Å². The van der Waals surface area contributed by atoms with Crippen LogP contribution in [-0.4, -0.2) is 18.3 Å². The molecule has 0 atom stereocenters. The molecule has 0 heterocycles. The number of carbonyl (C=O) groups excluding carboxylic acids is 1. The van der Waals surface area contributed by atoms with Gasteiger partial charge < -0.3 is 5.32 Å². The molecule has 0 spiro atoms. The molecule has 1 aromatic carbocycles. The van der Waals surface area contributed by atoms with Crippen LogP contribution >= 0.6 is 27.5 Å². The lowest BCUT2D eigenvalue weighted by Crippen LogP contribution is -2.45. The molecular formula is C10H5BrClF6NO. The zero-order chi connectivity index (χ0) is 15.7. The van der Waals surface area contributed by atoms with Gasteiger partial charge in [-0.05, 0) is 18.2 Å².